The molecule has 0 radical (unpaired) electrons. The average molecular weight is 488 g/mol. The van der Waals surface area contributed by atoms with Crippen molar-refractivity contribution in [3.05, 3.63) is 65.5 Å². The number of carboxylic acids is 1. The van der Waals surface area contributed by atoms with Crippen molar-refractivity contribution in [2.75, 3.05) is 13.1 Å². The van der Waals surface area contributed by atoms with Gasteiger partial charge in [0.1, 0.15) is 17.1 Å². The number of aromatic nitrogens is 3. The smallest absolute Gasteiger partial charge is 0.422 e. The molecule has 8 nitrogen and oxygen atoms in total. The molecule has 2 aromatic carbocycles. The maximum atomic E-state index is 14.6. The monoisotopic (exact) mass is 488 g/mol. The maximum absolute atomic E-state index is 14.6. The number of rotatable bonds is 6. The van der Waals surface area contributed by atoms with E-state index in [1.165, 1.54) is 24.3 Å². The van der Waals surface area contributed by atoms with E-state index < -0.39 is 46.8 Å². The molecule has 0 amide bonds. The van der Waals surface area contributed by atoms with Gasteiger partial charge in [-0.1, -0.05) is 52.8 Å². The van der Waals surface area contributed by atoms with E-state index in [1.807, 2.05) is 0 Å². The Kier molecular flexibility index (Phi) is 5.59. The summed E-state index contributed by atoms with van der Waals surface area (Å²) in [4.78, 5) is 16.7. The van der Waals surface area contributed by atoms with Gasteiger partial charge in [0.25, 0.3) is 5.89 Å². The second kappa shape index (κ2) is 8.62. The predicted molar refractivity (Wildman–Crippen MR) is 112 cm³/mol. The third-order valence-electron chi connectivity index (χ3n) is 5.65. The van der Waals surface area contributed by atoms with Gasteiger partial charge in [-0.25, -0.2) is 4.39 Å². The van der Waals surface area contributed by atoms with Crippen LogP contribution in [0.1, 0.15) is 11.1 Å². The van der Waals surface area contributed by atoms with Crippen LogP contribution in [0.3, 0.4) is 0 Å². The van der Waals surface area contributed by atoms with Crippen molar-refractivity contribution in [1.82, 2.24) is 20.2 Å². The van der Waals surface area contributed by atoms with Crippen LogP contribution in [-0.4, -0.2) is 44.4 Å². The van der Waals surface area contributed by atoms with Gasteiger partial charge < -0.3 is 14.2 Å². The van der Waals surface area contributed by atoms with Crippen LogP contribution in [-0.2, 0) is 17.5 Å². The third kappa shape index (κ3) is 4.39. The van der Waals surface area contributed by atoms with Crippen LogP contribution in [0.15, 0.2) is 57.6 Å². The largest absolute Gasteiger partial charge is 0.481 e. The molecule has 4 aromatic rings. The number of aliphatic carboxylic acids is 1. The Bertz CT molecular complexity index is 1380. The van der Waals surface area contributed by atoms with Crippen LogP contribution < -0.4 is 0 Å². The van der Waals surface area contributed by atoms with E-state index in [2.05, 4.69) is 15.3 Å². The van der Waals surface area contributed by atoms with E-state index in [0.717, 1.165) is 6.07 Å². The zero-order valence-corrected chi connectivity index (χ0v) is 17.8. The molecule has 180 valence electrons. The second-order valence-electron chi connectivity index (χ2n) is 8.06. The zero-order valence-electron chi connectivity index (χ0n) is 17.8. The van der Waals surface area contributed by atoms with E-state index in [0.29, 0.717) is 18.7 Å². The second-order valence-corrected chi connectivity index (χ2v) is 8.06. The topological polar surface area (TPSA) is 105 Å². The molecule has 2 aromatic heterocycles. The van der Waals surface area contributed by atoms with E-state index in [1.54, 1.807) is 23.1 Å². The van der Waals surface area contributed by atoms with E-state index >= 15 is 0 Å². The van der Waals surface area contributed by atoms with Crippen LogP contribution in [0.2, 0.25) is 0 Å². The first kappa shape index (κ1) is 22.7. The number of halogens is 4. The highest BCUT2D eigenvalue weighted by Crippen LogP contribution is 2.43. The summed E-state index contributed by atoms with van der Waals surface area (Å²) in [5, 5.41) is 16.2. The number of likely N-dealkylation sites (tertiary alicyclic amines) is 1. The number of nitrogens with zero attached hydrogens (tertiary/aromatic N) is 4. The van der Waals surface area contributed by atoms with Gasteiger partial charge in [-0.15, -0.1) is 0 Å². The zero-order chi connectivity index (χ0) is 24.7. The summed E-state index contributed by atoms with van der Waals surface area (Å²) >= 11 is 0. The highest BCUT2D eigenvalue weighted by atomic mass is 19.4. The molecule has 1 aliphatic heterocycles. The molecule has 1 N–H and O–H groups in total. The molecule has 0 saturated carbocycles. The van der Waals surface area contributed by atoms with Crippen LogP contribution >= 0.6 is 0 Å². The average Bonchev–Trinajstić information content (AvgIpc) is 3.44. The van der Waals surface area contributed by atoms with Crippen molar-refractivity contribution in [2.45, 2.75) is 12.7 Å². The number of hydrogen-bond acceptors (Lipinski definition) is 7. The normalized spacial score (nSPS) is 14.7. The Balaban J connectivity index is 1.40. The summed E-state index contributed by atoms with van der Waals surface area (Å²) < 4.78 is 66.2. The first-order chi connectivity index (χ1) is 16.7. The molecular formula is C23H16F4N4O4. The fourth-order valence-electron chi connectivity index (χ4n) is 3.84. The van der Waals surface area contributed by atoms with Crippen molar-refractivity contribution in [3.63, 3.8) is 0 Å². The molecule has 0 bridgehead atoms. The lowest BCUT2D eigenvalue weighted by Crippen LogP contribution is -2.49. The third-order valence-corrected chi connectivity index (χ3v) is 5.65. The maximum Gasteiger partial charge on any atom is 0.422 e. The summed E-state index contributed by atoms with van der Waals surface area (Å²) in [6.07, 6.45) is -4.82. The van der Waals surface area contributed by atoms with Crippen LogP contribution in [0.5, 0.6) is 0 Å². The van der Waals surface area contributed by atoms with E-state index in [4.69, 9.17) is 14.2 Å². The number of carboxylic acid groups (broad SMARTS) is 1. The van der Waals surface area contributed by atoms with Gasteiger partial charge in [0, 0.05) is 36.3 Å². The molecule has 35 heavy (non-hydrogen) atoms. The van der Waals surface area contributed by atoms with Gasteiger partial charge in [-0.05, 0) is 6.07 Å². The quantitative estimate of drug-likeness (QED) is 0.389. The van der Waals surface area contributed by atoms with Gasteiger partial charge in [-0.3, -0.25) is 9.69 Å². The van der Waals surface area contributed by atoms with Gasteiger partial charge in [0.15, 0.2) is 0 Å². The van der Waals surface area contributed by atoms with E-state index in [9.17, 15) is 22.4 Å². The van der Waals surface area contributed by atoms with Crippen molar-refractivity contribution >= 4 is 5.97 Å². The molecule has 0 aliphatic carbocycles. The standard InChI is InChI=1S/C23H16F4N4O4/c24-16-8-13(6-7-14(16)9-31-10-15(11-31)22(32)33)20-28-21(35-30-20)19-17(23(25,26)27)18(29-34-19)12-4-2-1-3-5-12/h1-8,15H,9-11H2,(H,32,33). The fraction of sp³-hybridized carbons (Fsp3) is 0.217. The first-order valence-electron chi connectivity index (χ1n) is 10.4. The lowest BCUT2D eigenvalue weighted by molar-refractivity contribution is -0.147. The van der Waals surface area contributed by atoms with Gasteiger partial charge in [-0.2, -0.15) is 18.2 Å². The SMILES string of the molecule is O=C(O)C1CN(Cc2ccc(-c3noc(-c4onc(-c5ccccc5)c4C(F)(F)F)n3)cc2F)C1. The summed E-state index contributed by atoms with van der Waals surface area (Å²) in [5.41, 5.74) is -0.855. The minimum Gasteiger partial charge on any atom is -0.481 e. The van der Waals surface area contributed by atoms with Crippen LogP contribution in [0.4, 0.5) is 17.6 Å². The summed E-state index contributed by atoms with van der Waals surface area (Å²) in [5.74, 6) is -3.36. The summed E-state index contributed by atoms with van der Waals surface area (Å²) in [6, 6.07) is 11.8. The van der Waals surface area contributed by atoms with Gasteiger partial charge in [0.2, 0.25) is 11.6 Å². The highest BCUT2D eigenvalue weighted by molar-refractivity contribution is 5.72. The lowest BCUT2D eigenvalue weighted by atomic mass is 9.99. The van der Waals surface area contributed by atoms with Crippen molar-refractivity contribution in [1.29, 1.82) is 0 Å². The molecule has 1 saturated heterocycles. The molecule has 1 aliphatic rings. The lowest BCUT2D eigenvalue weighted by Gasteiger charge is -2.36. The van der Waals surface area contributed by atoms with Gasteiger partial charge >= 0.3 is 12.1 Å². The molecule has 5 rings (SSSR count). The Hall–Kier alpha value is -4.06. The Morgan fingerprint density at radius 3 is 2.46 bits per heavy atom. The van der Waals surface area contributed by atoms with Crippen molar-refractivity contribution < 1.29 is 36.5 Å². The number of hydrogen-bond donors (Lipinski definition) is 1. The Morgan fingerprint density at radius 2 is 1.80 bits per heavy atom. The summed E-state index contributed by atoms with van der Waals surface area (Å²) in [6.45, 7) is 0.880. The molecule has 3 heterocycles. The number of alkyl halides is 3. The van der Waals surface area contributed by atoms with Gasteiger partial charge in [0.05, 0.1) is 5.92 Å². The molecule has 12 heteroatoms. The molecule has 0 spiro atoms. The minimum atomic E-state index is -4.82. The van der Waals surface area contributed by atoms with Crippen molar-refractivity contribution in [3.8, 4) is 34.3 Å². The minimum absolute atomic E-state index is 0.133. The summed E-state index contributed by atoms with van der Waals surface area (Å²) in [7, 11) is 0. The molecule has 0 unspecified atom stereocenters. The molecule has 0 atom stereocenters. The van der Waals surface area contributed by atoms with Crippen molar-refractivity contribution in [2.24, 2.45) is 5.92 Å². The van der Waals surface area contributed by atoms with Crippen LogP contribution in [0.25, 0.3) is 34.3 Å². The Morgan fingerprint density at radius 1 is 1.06 bits per heavy atom. The molecule has 1 fully saturated rings. The first-order valence-corrected chi connectivity index (χ1v) is 10.4. The highest BCUT2D eigenvalue weighted by Gasteiger charge is 2.43. The predicted octanol–water partition coefficient (Wildman–Crippen LogP) is 4.73. The Labute approximate surface area is 194 Å². The van der Waals surface area contributed by atoms with Crippen LogP contribution in [0, 0.1) is 11.7 Å². The fourth-order valence-corrected chi connectivity index (χ4v) is 3.84. The van der Waals surface area contributed by atoms with E-state index in [-0.39, 0.29) is 23.5 Å². The number of carbonyl (C=O) groups is 1. The number of benzene rings is 2. The molecular weight excluding hydrogens is 472 g/mol.